The largest absolute Gasteiger partial charge is 0.490 e. The molecule has 1 saturated carbocycles. The summed E-state index contributed by atoms with van der Waals surface area (Å²) in [5, 5.41) is 9.09. The molecule has 5 heteroatoms. The van der Waals surface area contributed by atoms with Crippen LogP contribution < -0.4 is 4.74 Å². The van der Waals surface area contributed by atoms with Crippen LogP contribution in [0.25, 0.3) is 0 Å². The second kappa shape index (κ2) is 7.91. The highest BCUT2D eigenvalue weighted by molar-refractivity contribution is 5.94. The zero-order valence-corrected chi connectivity index (χ0v) is 16.6. The molecule has 2 fully saturated rings. The first-order valence-corrected chi connectivity index (χ1v) is 10.0. The van der Waals surface area contributed by atoms with Gasteiger partial charge in [-0.3, -0.25) is 9.59 Å². The zero-order chi connectivity index (χ0) is 19.6. The van der Waals surface area contributed by atoms with E-state index in [0.29, 0.717) is 30.1 Å². The second-order valence-corrected chi connectivity index (χ2v) is 9.09. The standard InChI is InChI=1S/C22H31NO4/c1-15-13-22(2,3)10-11-23(14-15)20(24)16-4-7-18(8-5-16)27-19-9-6-17(12-19)21(25)26/h4-5,7-8,15,17,19H,6,9-14H2,1-3H3,(H,25,26). The van der Waals surface area contributed by atoms with Gasteiger partial charge in [-0.05, 0) is 67.7 Å². The molecule has 148 valence electrons. The fourth-order valence-electron chi connectivity index (χ4n) is 4.52. The lowest BCUT2D eigenvalue weighted by atomic mass is 9.82. The molecule has 3 rings (SSSR count). The molecule has 1 heterocycles. The van der Waals surface area contributed by atoms with E-state index in [-0.39, 0.29) is 23.3 Å². The van der Waals surface area contributed by atoms with Crippen LogP contribution in [0.15, 0.2) is 24.3 Å². The molecule has 0 radical (unpaired) electrons. The van der Waals surface area contributed by atoms with Crippen LogP contribution in [0.5, 0.6) is 5.75 Å². The van der Waals surface area contributed by atoms with Gasteiger partial charge in [0.2, 0.25) is 0 Å². The van der Waals surface area contributed by atoms with Crippen LogP contribution in [-0.4, -0.2) is 41.1 Å². The molecule has 1 saturated heterocycles. The number of likely N-dealkylation sites (tertiary alicyclic amines) is 1. The van der Waals surface area contributed by atoms with Crippen molar-refractivity contribution >= 4 is 11.9 Å². The average Bonchev–Trinajstić information content (AvgIpc) is 3.01. The molecule has 0 bridgehead atoms. The molecule has 27 heavy (non-hydrogen) atoms. The van der Waals surface area contributed by atoms with E-state index in [0.717, 1.165) is 32.4 Å². The van der Waals surface area contributed by atoms with Gasteiger partial charge in [-0.2, -0.15) is 0 Å². The topological polar surface area (TPSA) is 66.8 Å². The van der Waals surface area contributed by atoms with Gasteiger partial charge >= 0.3 is 5.97 Å². The summed E-state index contributed by atoms with van der Waals surface area (Å²) in [6.45, 7) is 8.38. The van der Waals surface area contributed by atoms with Gasteiger partial charge in [0.15, 0.2) is 0 Å². The van der Waals surface area contributed by atoms with Crippen LogP contribution in [0.1, 0.15) is 63.2 Å². The lowest BCUT2D eigenvalue weighted by Gasteiger charge is -2.23. The van der Waals surface area contributed by atoms with Crippen molar-refractivity contribution in [2.24, 2.45) is 17.3 Å². The van der Waals surface area contributed by atoms with E-state index in [1.54, 1.807) is 0 Å². The molecule has 1 N–H and O–H groups in total. The molecule has 0 spiro atoms. The number of nitrogens with zero attached hydrogens (tertiary/aromatic N) is 1. The number of amides is 1. The van der Waals surface area contributed by atoms with Gasteiger partial charge in [0, 0.05) is 18.7 Å². The third-order valence-electron chi connectivity index (χ3n) is 5.92. The third-order valence-corrected chi connectivity index (χ3v) is 5.92. The number of hydrogen-bond donors (Lipinski definition) is 1. The first-order valence-electron chi connectivity index (χ1n) is 10.0. The van der Waals surface area contributed by atoms with Crippen molar-refractivity contribution in [1.29, 1.82) is 0 Å². The summed E-state index contributed by atoms with van der Waals surface area (Å²) in [7, 11) is 0. The van der Waals surface area contributed by atoms with Gasteiger partial charge in [0.1, 0.15) is 5.75 Å². The average molecular weight is 373 g/mol. The maximum Gasteiger partial charge on any atom is 0.306 e. The monoisotopic (exact) mass is 373 g/mol. The van der Waals surface area contributed by atoms with Crippen molar-refractivity contribution in [2.75, 3.05) is 13.1 Å². The Kier molecular flexibility index (Phi) is 5.78. The van der Waals surface area contributed by atoms with Gasteiger partial charge in [-0.25, -0.2) is 0 Å². The van der Waals surface area contributed by atoms with Gasteiger partial charge in [-0.1, -0.05) is 20.8 Å². The third kappa shape index (κ3) is 5.02. The number of carbonyl (C=O) groups is 2. The van der Waals surface area contributed by atoms with Crippen LogP contribution in [-0.2, 0) is 4.79 Å². The minimum absolute atomic E-state index is 0.0543. The normalized spacial score (nSPS) is 27.8. The number of aliphatic carboxylic acids is 1. The molecule has 3 unspecified atom stereocenters. The molecular weight excluding hydrogens is 342 g/mol. The molecule has 1 aromatic carbocycles. The van der Waals surface area contributed by atoms with E-state index < -0.39 is 5.97 Å². The lowest BCUT2D eigenvalue weighted by molar-refractivity contribution is -0.141. The maximum atomic E-state index is 12.9. The van der Waals surface area contributed by atoms with Gasteiger partial charge in [0.25, 0.3) is 5.91 Å². The summed E-state index contributed by atoms with van der Waals surface area (Å²) in [4.78, 5) is 25.9. The smallest absolute Gasteiger partial charge is 0.306 e. The van der Waals surface area contributed by atoms with Crippen molar-refractivity contribution in [3.63, 3.8) is 0 Å². The Bertz CT molecular complexity index is 682. The Morgan fingerprint density at radius 1 is 1.19 bits per heavy atom. The number of carboxylic acid groups (broad SMARTS) is 1. The quantitative estimate of drug-likeness (QED) is 0.858. The Morgan fingerprint density at radius 2 is 1.89 bits per heavy atom. The Hall–Kier alpha value is -2.04. The molecule has 3 atom stereocenters. The molecule has 1 aliphatic heterocycles. The minimum atomic E-state index is -0.739. The summed E-state index contributed by atoms with van der Waals surface area (Å²) in [6, 6.07) is 7.29. The Balaban J connectivity index is 1.60. The predicted octanol–water partition coefficient (Wildman–Crippen LogP) is 4.22. The number of hydrogen-bond acceptors (Lipinski definition) is 3. The first-order chi connectivity index (χ1) is 12.7. The summed E-state index contributed by atoms with van der Waals surface area (Å²) in [5.41, 5.74) is 0.963. The van der Waals surface area contributed by atoms with E-state index in [1.165, 1.54) is 0 Å². The fourth-order valence-corrected chi connectivity index (χ4v) is 4.52. The van der Waals surface area contributed by atoms with Crippen LogP contribution in [0.3, 0.4) is 0 Å². The molecule has 2 aliphatic rings. The molecular formula is C22H31NO4. The Morgan fingerprint density at radius 3 is 2.52 bits per heavy atom. The van der Waals surface area contributed by atoms with E-state index in [9.17, 15) is 9.59 Å². The van der Waals surface area contributed by atoms with Crippen LogP contribution >= 0.6 is 0 Å². The number of ether oxygens (including phenoxy) is 1. The summed E-state index contributed by atoms with van der Waals surface area (Å²) in [5.74, 6) is 0.242. The minimum Gasteiger partial charge on any atom is -0.490 e. The van der Waals surface area contributed by atoms with E-state index in [1.807, 2.05) is 29.2 Å². The van der Waals surface area contributed by atoms with Gasteiger partial charge in [-0.15, -0.1) is 0 Å². The number of carbonyl (C=O) groups excluding carboxylic acids is 1. The molecule has 0 aromatic heterocycles. The summed E-state index contributed by atoms with van der Waals surface area (Å²) < 4.78 is 5.91. The second-order valence-electron chi connectivity index (χ2n) is 9.09. The molecule has 1 aliphatic carbocycles. The SMILES string of the molecule is CC1CN(C(=O)c2ccc(OC3CCC(C(=O)O)C3)cc2)CCC(C)(C)C1. The van der Waals surface area contributed by atoms with Crippen molar-refractivity contribution in [3.8, 4) is 5.75 Å². The first kappa shape index (κ1) is 19.7. The van der Waals surface area contributed by atoms with Crippen molar-refractivity contribution < 1.29 is 19.4 Å². The van der Waals surface area contributed by atoms with Crippen molar-refractivity contribution in [2.45, 2.75) is 59.0 Å². The fraction of sp³-hybridized carbons (Fsp3) is 0.636. The van der Waals surface area contributed by atoms with Crippen LogP contribution in [0.4, 0.5) is 0 Å². The van der Waals surface area contributed by atoms with Crippen LogP contribution in [0.2, 0.25) is 0 Å². The highest BCUT2D eigenvalue weighted by atomic mass is 16.5. The van der Waals surface area contributed by atoms with E-state index >= 15 is 0 Å². The summed E-state index contributed by atoms with van der Waals surface area (Å²) in [6.07, 6.45) is 4.09. The molecule has 1 amide bonds. The highest BCUT2D eigenvalue weighted by Gasteiger charge is 2.31. The van der Waals surface area contributed by atoms with Gasteiger partial charge < -0.3 is 14.7 Å². The predicted molar refractivity (Wildman–Crippen MR) is 104 cm³/mol. The highest BCUT2D eigenvalue weighted by Crippen LogP contribution is 2.33. The van der Waals surface area contributed by atoms with Crippen molar-refractivity contribution in [3.05, 3.63) is 29.8 Å². The number of carboxylic acids is 1. The molecule has 5 nitrogen and oxygen atoms in total. The summed E-state index contributed by atoms with van der Waals surface area (Å²) >= 11 is 0. The number of benzene rings is 1. The number of rotatable bonds is 4. The van der Waals surface area contributed by atoms with E-state index in [2.05, 4.69) is 20.8 Å². The molecule has 1 aromatic rings. The zero-order valence-electron chi connectivity index (χ0n) is 16.6. The Labute approximate surface area is 161 Å². The maximum absolute atomic E-state index is 12.9. The van der Waals surface area contributed by atoms with E-state index in [4.69, 9.17) is 9.84 Å². The van der Waals surface area contributed by atoms with Gasteiger partial charge in [0.05, 0.1) is 12.0 Å². The lowest BCUT2D eigenvalue weighted by Crippen LogP contribution is -2.34. The van der Waals surface area contributed by atoms with Crippen molar-refractivity contribution in [1.82, 2.24) is 4.90 Å². The van der Waals surface area contributed by atoms with Crippen LogP contribution in [0, 0.1) is 17.3 Å².